The van der Waals surface area contributed by atoms with Crippen LogP contribution in [-0.2, 0) is 27.2 Å². The Kier molecular flexibility index (Phi) is 17.4. The Labute approximate surface area is 261 Å². The van der Waals surface area contributed by atoms with Crippen LogP contribution < -0.4 is 9.05 Å². The minimum absolute atomic E-state index is 0.0282. The van der Waals surface area contributed by atoms with Gasteiger partial charge in [0.15, 0.2) is 0 Å². The fourth-order valence-corrected chi connectivity index (χ4v) is 4.88. The quantitative estimate of drug-likeness (QED) is 0.0960. The minimum atomic E-state index is -4.24. The SMILES string of the molecule is C=C/C=C\C(=C)OP(=O)(OC(/C=C\C(=C)OP(=O)(OC)Oc1ccccc1)=C/C)Oc1ccccc1.C=C/C=C\C=C(C)C. The number of allylic oxidation sites excluding steroid dienone is 11. The summed E-state index contributed by atoms with van der Waals surface area (Å²) in [6.07, 6.45) is 16.4. The van der Waals surface area contributed by atoms with Gasteiger partial charge in [-0.1, -0.05) is 105 Å². The number of hydrogen-bond acceptors (Lipinski definition) is 8. The number of hydrogen-bond donors (Lipinski definition) is 0. The van der Waals surface area contributed by atoms with E-state index in [0.29, 0.717) is 5.75 Å². The predicted molar refractivity (Wildman–Crippen MR) is 179 cm³/mol. The molecule has 44 heavy (non-hydrogen) atoms. The highest BCUT2D eigenvalue weighted by molar-refractivity contribution is 7.49. The summed E-state index contributed by atoms with van der Waals surface area (Å²) in [5, 5.41) is 0. The van der Waals surface area contributed by atoms with Crippen molar-refractivity contribution in [3.05, 3.63) is 171 Å². The molecule has 0 spiro atoms. The maximum Gasteiger partial charge on any atom is 0.647 e. The molecule has 2 unspecified atom stereocenters. The molecule has 0 saturated carbocycles. The average Bonchev–Trinajstić information content (AvgIpc) is 2.99. The van der Waals surface area contributed by atoms with Gasteiger partial charge in [-0.15, -0.1) is 0 Å². The van der Waals surface area contributed by atoms with Crippen molar-refractivity contribution in [3.8, 4) is 11.5 Å². The second-order valence-corrected chi connectivity index (χ2v) is 11.6. The Morgan fingerprint density at radius 2 is 1.18 bits per heavy atom. The second-order valence-electron chi connectivity index (χ2n) is 8.58. The van der Waals surface area contributed by atoms with E-state index < -0.39 is 15.6 Å². The molecule has 2 atom stereocenters. The third kappa shape index (κ3) is 16.2. The molecule has 0 bridgehead atoms. The summed E-state index contributed by atoms with van der Waals surface area (Å²) in [6, 6.07) is 16.8. The van der Waals surface area contributed by atoms with Crippen LogP contribution in [0.1, 0.15) is 20.8 Å². The molecule has 10 heteroatoms. The Bertz CT molecular complexity index is 1470. The van der Waals surface area contributed by atoms with Crippen molar-refractivity contribution in [2.75, 3.05) is 7.11 Å². The van der Waals surface area contributed by atoms with Gasteiger partial charge in [-0.2, -0.15) is 4.57 Å². The summed E-state index contributed by atoms with van der Waals surface area (Å²) in [5.41, 5.74) is 1.31. The Morgan fingerprint density at radius 1 is 0.682 bits per heavy atom. The smallest absolute Gasteiger partial charge is 0.396 e. The molecule has 8 nitrogen and oxygen atoms in total. The van der Waals surface area contributed by atoms with Crippen molar-refractivity contribution >= 4 is 15.6 Å². The van der Waals surface area contributed by atoms with Gasteiger partial charge >= 0.3 is 15.6 Å². The van der Waals surface area contributed by atoms with Crippen molar-refractivity contribution in [3.63, 3.8) is 0 Å². The van der Waals surface area contributed by atoms with Gasteiger partial charge in [-0.05, 0) is 69.3 Å². The van der Waals surface area contributed by atoms with E-state index in [1.165, 1.54) is 43.1 Å². The average molecular weight is 639 g/mol. The van der Waals surface area contributed by atoms with Crippen LogP contribution in [0.15, 0.2) is 171 Å². The summed E-state index contributed by atoms with van der Waals surface area (Å²) in [4.78, 5) is 0. The summed E-state index contributed by atoms with van der Waals surface area (Å²) in [5.74, 6) is 0.583. The van der Waals surface area contributed by atoms with Crippen LogP contribution >= 0.6 is 15.6 Å². The van der Waals surface area contributed by atoms with Gasteiger partial charge in [0.2, 0.25) is 0 Å². The van der Waals surface area contributed by atoms with E-state index >= 15 is 0 Å². The van der Waals surface area contributed by atoms with Gasteiger partial charge in [-0.25, -0.2) is 4.57 Å². The van der Waals surface area contributed by atoms with Gasteiger partial charge in [0.25, 0.3) is 0 Å². The van der Waals surface area contributed by atoms with Crippen LogP contribution in [0.4, 0.5) is 0 Å². The number of benzene rings is 2. The topological polar surface area (TPSA) is 89.5 Å². The van der Waals surface area contributed by atoms with E-state index in [1.807, 2.05) is 18.2 Å². The van der Waals surface area contributed by atoms with Gasteiger partial charge in [0, 0.05) is 7.11 Å². The Hall–Kier alpha value is -4.48. The zero-order valence-electron chi connectivity index (χ0n) is 25.5. The van der Waals surface area contributed by atoms with Crippen molar-refractivity contribution < 1.29 is 36.3 Å². The van der Waals surface area contributed by atoms with Crippen molar-refractivity contribution in [2.45, 2.75) is 20.8 Å². The fraction of sp³-hybridized carbons (Fsp3) is 0.118. The van der Waals surface area contributed by atoms with Crippen LogP contribution in [0.5, 0.6) is 11.5 Å². The van der Waals surface area contributed by atoms with Crippen LogP contribution in [0.2, 0.25) is 0 Å². The summed E-state index contributed by atoms with van der Waals surface area (Å²) in [7, 11) is -7.06. The molecule has 2 aromatic rings. The van der Waals surface area contributed by atoms with E-state index in [0.717, 1.165) is 0 Å². The van der Waals surface area contributed by atoms with E-state index in [9.17, 15) is 9.13 Å². The van der Waals surface area contributed by atoms with E-state index in [2.05, 4.69) is 40.2 Å². The van der Waals surface area contributed by atoms with Gasteiger partial charge in [0.1, 0.15) is 28.8 Å². The molecule has 0 aliphatic heterocycles. The highest BCUT2D eigenvalue weighted by Crippen LogP contribution is 2.53. The lowest BCUT2D eigenvalue weighted by Gasteiger charge is -2.20. The second kappa shape index (κ2) is 20.4. The normalized spacial score (nSPS) is 13.9. The highest BCUT2D eigenvalue weighted by Gasteiger charge is 2.33. The number of para-hydroxylation sites is 2. The molecule has 0 heterocycles. The molecule has 0 fully saturated rings. The van der Waals surface area contributed by atoms with Crippen LogP contribution in [0, 0.1) is 0 Å². The molecule has 2 aromatic carbocycles. The van der Waals surface area contributed by atoms with E-state index in [4.69, 9.17) is 27.1 Å². The zero-order chi connectivity index (χ0) is 32.8. The first kappa shape index (κ1) is 37.5. The molecule has 234 valence electrons. The predicted octanol–water partition coefficient (Wildman–Crippen LogP) is 11.0. The van der Waals surface area contributed by atoms with E-state index in [-0.39, 0.29) is 23.0 Å². The summed E-state index contributed by atoms with van der Waals surface area (Å²) in [6.45, 7) is 20.3. The minimum Gasteiger partial charge on any atom is -0.396 e. The first-order valence-corrected chi connectivity index (χ1v) is 16.2. The molecule has 0 saturated heterocycles. The third-order valence-corrected chi connectivity index (χ3v) is 7.30. The molecule has 0 amide bonds. The molecule has 0 aromatic heterocycles. The molecule has 2 rings (SSSR count). The highest BCUT2D eigenvalue weighted by atomic mass is 31.2. The standard InChI is InChI=1S/C26H28O8P2.C8H12/c1-6-8-15-22(3)31-36(28,34-26-18-13-10-14-19-26)32-24(7-2)21-20-23(4)30-35(27,29-5)33-25-16-11-9-12-17-25;1-4-5-6-7-8(2)3/h6-21H,1,3-4H2,2,5H3;4-7H,1H2,2-3H3/b15-8-,21-20-,24-7+;6-5-. The van der Waals surface area contributed by atoms with Crippen molar-refractivity contribution in [2.24, 2.45) is 0 Å². The van der Waals surface area contributed by atoms with Crippen LogP contribution in [0.25, 0.3) is 0 Å². The molecule has 0 aliphatic carbocycles. The summed E-state index contributed by atoms with van der Waals surface area (Å²) < 4.78 is 58.4. The number of phosphoric acid groups is 2. The number of rotatable bonds is 17. The Balaban J connectivity index is 0.00000106. The van der Waals surface area contributed by atoms with Crippen LogP contribution in [0.3, 0.4) is 0 Å². The molecular formula is C34H40O8P2. The molecular weight excluding hydrogens is 598 g/mol. The third-order valence-electron chi connectivity index (χ3n) is 4.63. The number of phosphoric ester groups is 2. The monoisotopic (exact) mass is 638 g/mol. The maximum absolute atomic E-state index is 13.4. The van der Waals surface area contributed by atoms with Gasteiger partial charge in [-0.3, -0.25) is 4.52 Å². The lowest BCUT2D eigenvalue weighted by Crippen LogP contribution is -2.02. The fourth-order valence-electron chi connectivity index (χ4n) is 2.70. The van der Waals surface area contributed by atoms with Crippen molar-refractivity contribution in [1.82, 2.24) is 0 Å². The Morgan fingerprint density at radius 3 is 1.66 bits per heavy atom. The first-order chi connectivity index (χ1) is 21.0. The zero-order valence-corrected chi connectivity index (χ0v) is 27.3. The van der Waals surface area contributed by atoms with E-state index in [1.54, 1.807) is 79.7 Å². The molecule has 0 N–H and O–H groups in total. The molecule has 0 radical (unpaired) electrons. The van der Waals surface area contributed by atoms with Crippen LogP contribution in [-0.4, -0.2) is 7.11 Å². The largest absolute Gasteiger partial charge is 0.647 e. The van der Waals surface area contributed by atoms with Gasteiger partial charge < -0.3 is 22.6 Å². The maximum atomic E-state index is 13.4. The lowest BCUT2D eigenvalue weighted by molar-refractivity contribution is 0.220. The van der Waals surface area contributed by atoms with Crippen molar-refractivity contribution in [1.29, 1.82) is 0 Å². The lowest BCUT2D eigenvalue weighted by atomic mass is 10.3. The van der Waals surface area contributed by atoms with Gasteiger partial charge in [0.05, 0.1) is 0 Å². The summed E-state index contributed by atoms with van der Waals surface area (Å²) >= 11 is 0. The molecule has 0 aliphatic rings. The first-order valence-electron chi connectivity index (χ1n) is 13.3.